The van der Waals surface area contributed by atoms with E-state index < -0.39 is 0 Å². The molecular weight excluding hydrogens is 222 g/mol. The highest BCUT2D eigenvalue weighted by molar-refractivity contribution is 6.01. The van der Waals surface area contributed by atoms with Crippen LogP contribution in [0.3, 0.4) is 0 Å². The van der Waals surface area contributed by atoms with E-state index in [0.29, 0.717) is 0 Å². The summed E-state index contributed by atoms with van der Waals surface area (Å²) in [6.07, 6.45) is 0. The van der Waals surface area contributed by atoms with E-state index in [2.05, 4.69) is 4.98 Å². The lowest BCUT2D eigenvalue weighted by Gasteiger charge is -2.12. The van der Waals surface area contributed by atoms with Crippen molar-refractivity contribution in [1.82, 2.24) is 4.98 Å². The third kappa shape index (κ3) is 2.48. The molecule has 2 aromatic rings. The second-order valence-electron chi connectivity index (χ2n) is 4.58. The van der Waals surface area contributed by atoms with Crippen molar-refractivity contribution in [2.75, 3.05) is 0 Å². The standard InChI is InChI=1S/C16H17NO/c1-11-9-10-15(13(3)17-11)16(18)12(2)14-7-5-4-6-8-14/h4-10,12H,1-3H3. The molecule has 1 heterocycles. The zero-order valence-corrected chi connectivity index (χ0v) is 11.0. The molecule has 1 aromatic carbocycles. The number of aryl methyl sites for hydroxylation is 2. The number of ketones is 1. The lowest BCUT2D eigenvalue weighted by Crippen LogP contribution is -2.12. The monoisotopic (exact) mass is 239 g/mol. The Morgan fingerprint density at radius 2 is 1.72 bits per heavy atom. The second kappa shape index (κ2) is 5.13. The van der Waals surface area contributed by atoms with E-state index in [0.717, 1.165) is 22.5 Å². The molecule has 0 radical (unpaired) electrons. The van der Waals surface area contributed by atoms with Crippen molar-refractivity contribution in [2.45, 2.75) is 26.7 Å². The van der Waals surface area contributed by atoms with Gasteiger partial charge in [-0.25, -0.2) is 0 Å². The van der Waals surface area contributed by atoms with Gasteiger partial charge >= 0.3 is 0 Å². The van der Waals surface area contributed by atoms with Crippen molar-refractivity contribution in [1.29, 1.82) is 0 Å². The minimum atomic E-state index is -0.130. The quantitative estimate of drug-likeness (QED) is 0.765. The Bertz CT molecular complexity index is 561. The molecule has 0 saturated heterocycles. The van der Waals surface area contributed by atoms with Crippen LogP contribution in [-0.2, 0) is 0 Å². The van der Waals surface area contributed by atoms with Crippen LogP contribution < -0.4 is 0 Å². The number of Topliss-reactive ketones (excluding diaryl/α,β-unsaturated/α-hetero) is 1. The first kappa shape index (κ1) is 12.5. The zero-order chi connectivity index (χ0) is 13.1. The van der Waals surface area contributed by atoms with E-state index in [9.17, 15) is 4.79 Å². The maximum atomic E-state index is 12.4. The van der Waals surface area contributed by atoms with E-state index >= 15 is 0 Å². The van der Waals surface area contributed by atoms with Crippen molar-refractivity contribution in [3.8, 4) is 0 Å². The molecule has 0 spiro atoms. The number of hydrogen-bond acceptors (Lipinski definition) is 2. The lowest BCUT2D eigenvalue weighted by atomic mass is 9.92. The molecule has 0 bridgehead atoms. The van der Waals surface area contributed by atoms with Gasteiger partial charge in [0.1, 0.15) is 0 Å². The Balaban J connectivity index is 2.32. The summed E-state index contributed by atoms with van der Waals surface area (Å²) in [6, 6.07) is 13.6. The molecule has 2 rings (SSSR count). The van der Waals surface area contributed by atoms with Gasteiger partial charge in [0, 0.05) is 22.9 Å². The smallest absolute Gasteiger partial charge is 0.171 e. The van der Waals surface area contributed by atoms with Gasteiger partial charge in [-0.05, 0) is 31.5 Å². The summed E-state index contributed by atoms with van der Waals surface area (Å²) >= 11 is 0. The molecule has 0 amide bonds. The molecule has 0 saturated carbocycles. The van der Waals surface area contributed by atoms with Crippen LogP contribution in [0.5, 0.6) is 0 Å². The van der Waals surface area contributed by atoms with Crippen LogP contribution >= 0.6 is 0 Å². The van der Waals surface area contributed by atoms with Crippen LogP contribution in [-0.4, -0.2) is 10.8 Å². The van der Waals surface area contributed by atoms with Crippen molar-refractivity contribution >= 4 is 5.78 Å². The first-order valence-electron chi connectivity index (χ1n) is 6.13. The Morgan fingerprint density at radius 3 is 2.33 bits per heavy atom. The average molecular weight is 239 g/mol. The number of nitrogens with zero attached hydrogens (tertiary/aromatic N) is 1. The third-order valence-electron chi connectivity index (χ3n) is 3.18. The molecule has 1 unspecified atom stereocenters. The van der Waals surface area contributed by atoms with Crippen molar-refractivity contribution < 1.29 is 4.79 Å². The SMILES string of the molecule is Cc1ccc(C(=O)C(C)c2ccccc2)c(C)n1. The normalized spacial score (nSPS) is 12.2. The molecule has 92 valence electrons. The molecule has 0 aliphatic rings. The van der Waals surface area contributed by atoms with Gasteiger partial charge in [-0.15, -0.1) is 0 Å². The van der Waals surface area contributed by atoms with E-state index in [4.69, 9.17) is 0 Å². The van der Waals surface area contributed by atoms with Crippen LogP contribution in [0.15, 0.2) is 42.5 Å². The number of hydrogen-bond donors (Lipinski definition) is 0. The van der Waals surface area contributed by atoms with Crippen LogP contribution in [0, 0.1) is 13.8 Å². The van der Waals surface area contributed by atoms with E-state index in [1.54, 1.807) is 0 Å². The van der Waals surface area contributed by atoms with Gasteiger partial charge in [-0.3, -0.25) is 9.78 Å². The van der Waals surface area contributed by atoms with Crippen LogP contribution in [0.4, 0.5) is 0 Å². The van der Waals surface area contributed by atoms with Gasteiger partial charge in [0.15, 0.2) is 5.78 Å². The molecule has 1 atom stereocenters. The molecule has 0 N–H and O–H groups in total. The van der Waals surface area contributed by atoms with Gasteiger partial charge in [-0.1, -0.05) is 37.3 Å². The summed E-state index contributed by atoms with van der Waals surface area (Å²) in [6.45, 7) is 5.76. The van der Waals surface area contributed by atoms with Crippen molar-refractivity contribution in [3.05, 3.63) is 65.0 Å². The van der Waals surface area contributed by atoms with Gasteiger partial charge in [-0.2, -0.15) is 0 Å². The second-order valence-corrected chi connectivity index (χ2v) is 4.58. The van der Waals surface area contributed by atoms with Crippen molar-refractivity contribution in [3.63, 3.8) is 0 Å². The minimum Gasteiger partial charge on any atom is -0.293 e. The summed E-state index contributed by atoms with van der Waals surface area (Å²) in [7, 11) is 0. The number of aromatic nitrogens is 1. The average Bonchev–Trinajstić information content (AvgIpc) is 2.38. The highest BCUT2D eigenvalue weighted by atomic mass is 16.1. The van der Waals surface area contributed by atoms with E-state index in [1.165, 1.54) is 0 Å². The summed E-state index contributed by atoms with van der Waals surface area (Å²) in [5.74, 6) is 0.000561. The van der Waals surface area contributed by atoms with E-state index in [-0.39, 0.29) is 11.7 Å². The molecule has 0 aliphatic carbocycles. The van der Waals surface area contributed by atoms with Gasteiger partial charge < -0.3 is 0 Å². The number of pyridine rings is 1. The topological polar surface area (TPSA) is 30.0 Å². The fourth-order valence-corrected chi connectivity index (χ4v) is 2.07. The van der Waals surface area contributed by atoms with Crippen LogP contribution in [0.25, 0.3) is 0 Å². The third-order valence-corrected chi connectivity index (χ3v) is 3.18. The summed E-state index contributed by atoms with van der Waals surface area (Å²) in [4.78, 5) is 16.8. The Morgan fingerprint density at radius 1 is 1.06 bits per heavy atom. The molecule has 0 fully saturated rings. The Kier molecular flexibility index (Phi) is 3.56. The van der Waals surface area contributed by atoms with E-state index in [1.807, 2.05) is 63.2 Å². The molecule has 2 heteroatoms. The van der Waals surface area contributed by atoms with Crippen molar-refractivity contribution in [2.24, 2.45) is 0 Å². The summed E-state index contributed by atoms with van der Waals surface area (Å²) in [5.41, 5.74) is 3.51. The van der Waals surface area contributed by atoms with Gasteiger partial charge in [0.25, 0.3) is 0 Å². The lowest BCUT2D eigenvalue weighted by molar-refractivity contribution is 0.0965. The van der Waals surface area contributed by atoms with Gasteiger partial charge in [0.05, 0.1) is 0 Å². The molecular formula is C16H17NO. The minimum absolute atomic E-state index is 0.130. The molecule has 18 heavy (non-hydrogen) atoms. The van der Waals surface area contributed by atoms with Crippen LogP contribution in [0.2, 0.25) is 0 Å². The predicted octanol–water partition coefficient (Wildman–Crippen LogP) is 3.68. The highest BCUT2D eigenvalue weighted by Crippen LogP contribution is 2.21. The summed E-state index contributed by atoms with van der Waals surface area (Å²) in [5, 5.41) is 0. The fraction of sp³-hybridized carbons (Fsp3) is 0.250. The zero-order valence-electron chi connectivity index (χ0n) is 11.0. The molecule has 0 aliphatic heterocycles. The molecule has 1 aromatic heterocycles. The fourth-order valence-electron chi connectivity index (χ4n) is 2.07. The Labute approximate surface area is 108 Å². The van der Waals surface area contributed by atoms with Crippen LogP contribution in [0.1, 0.15) is 40.2 Å². The van der Waals surface area contributed by atoms with Gasteiger partial charge in [0.2, 0.25) is 0 Å². The molecule has 2 nitrogen and oxygen atoms in total. The maximum absolute atomic E-state index is 12.4. The first-order valence-corrected chi connectivity index (χ1v) is 6.13. The predicted molar refractivity (Wildman–Crippen MR) is 72.9 cm³/mol. The number of rotatable bonds is 3. The largest absolute Gasteiger partial charge is 0.293 e. The first-order chi connectivity index (χ1) is 8.59. The number of benzene rings is 1. The Hall–Kier alpha value is -1.96. The summed E-state index contributed by atoms with van der Waals surface area (Å²) < 4.78 is 0. The highest BCUT2D eigenvalue weighted by Gasteiger charge is 2.19. The number of carbonyl (C=O) groups excluding carboxylic acids is 1. The number of carbonyl (C=O) groups is 1. The maximum Gasteiger partial charge on any atom is 0.171 e.